The lowest BCUT2D eigenvalue weighted by Gasteiger charge is -2.23. The van der Waals surface area contributed by atoms with Gasteiger partial charge in [0.2, 0.25) is 0 Å². The molecule has 0 N–H and O–H groups in total. The van der Waals surface area contributed by atoms with Crippen molar-refractivity contribution in [2.75, 3.05) is 6.54 Å². The van der Waals surface area contributed by atoms with Gasteiger partial charge < -0.3 is 4.90 Å². The fourth-order valence-corrected chi connectivity index (χ4v) is 4.30. The average Bonchev–Trinajstić information content (AvgIpc) is 3.17. The summed E-state index contributed by atoms with van der Waals surface area (Å²) < 4.78 is 0. The highest BCUT2D eigenvalue weighted by Crippen LogP contribution is 2.36. The molecule has 1 saturated heterocycles. The normalized spacial score (nSPS) is 18.4. The second-order valence-corrected chi connectivity index (χ2v) is 6.96. The van der Waals surface area contributed by atoms with Crippen LogP contribution in [-0.2, 0) is 0 Å². The first-order chi connectivity index (χ1) is 9.66. The molecule has 0 saturated carbocycles. The molecule has 0 aromatic carbocycles. The van der Waals surface area contributed by atoms with E-state index in [1.165, 1.54) is 23.1 Å². The number of likely N-dealkylation sites (tertiary alicyclic amines) is 1. The Morgan fingerprint density at radius 3 is 2.70 bits per heavy atom. The Balaban J connectivity index is 1.83. The minimum absolute atomic E-state index is 0.0188. The van der Waals surface area contributed by atoms with Gasteiger partial charge in [-0.1, -0.05) is 6.07 Å². The first kappa shape index (κ1) is 13.5. The topological polar surface area (TPSA) is 37.4 Å². The summed E-state index contributed by atoms with van der Waals surface area (Å²) in [5.41, 5.74) is 0. The lowest BCUT2D eigenvalue weighted by atomic mass is 10.2. The first-order valence-corrected chi connectivity index (χ1v) is 8.31. The Bertz CT molecular complexity index is 630. The smallest absolute Gasteiger partial charge is 0.264 e. The van der Waals surface area contributed by atoms with Gasteiger partial charge in [0.15, 0.2) is 5.78 Å². The summed E-state index contributed by atoms with van der Waals surface area (Å²) in [6.07, 6.45) is 2.07. The molecule has 1 atom stereocenters. The van der Waals surface area contributed by atoms with Crippen LogP contribution in [0.3, 0.4) is 0 Å². The summed E-state index contributed by atoms with van der Waals surface area (Å²) >= 11 is 3.00. The van der Waals surface area contributed by atoms with Crippen LogP contribution in [0.25, 0.3) is 0 Å². The number of thiophene rings is 2. The molecule has 3 nitrogen and oxygen atoms in total. The van der Waals surface area contributed by atoms with Crippen molar-refractivity contribution >= 4 is 34.4 Å². The molecule has 0 radical (unpaired) electrons. The van der Waals surface area contributed by atoms with E-state index in [1.807, 2.05) is 11.0 Å². The highest BCUT2D eigenvalue weighted by Gasteiger charge is 2.31. The molecule has 2 aromatic rings. The molecule has 1 unspecified atom stereocenters. The lowest BCUT2D eigenvalue weighted by Crippen LogP contribution is -2.29. The number of amides is 1. The first-order valence-electron chi connectivity index (χ1n) is 6.62. The highest BCUT2D eigenvalue weighted by atomic mass is 32.1. The largest absolute Gasteiger partial charge is 0.330 e. The maximum Gasteiger partial charge on any atom is 0.264 e. The van der Waals surface area contributed by atoms with Gasteiger partial charge in [-0.2, -0.15) is 0 Å². The van der Waals surface area contributed by atoms with Crippen molar-refractivity contribution in [3.8, 4) is 0 Å². The standard InChI is InChI=1S/C15H15NO2S2/c1-10(17)12-6-7-14(20-12)15(18)16-8-2-4-11(16)13-5-3-9-19-13/h3,5-7,9,11H,2,4,8H2,1H3. The minimum Gasteiger partial charge on any atom is -0.330 e. The molecule has 5 heteroatoms. The van der Waals surface area contributed by atoms with E-state index < -0.39 is 0 Å². The van der Waals surface area contributed by atoms with Crippen molar-refractivity contribution in [1.29, 1.82) is 0 Å². The Morgan fingerprint density at radius 2 is 2.05 bits per heavy atom. The molecule has 1 aliphatic rings. The fourth-order valence-electron chi connectivity index (χ4n) is 2.57. The quantitative estimate of drug-likeness (QED) is 0.804. The zero-order valence-corrected chi connectivity index (χ0v) is 12.8. The van der Waals surface area contributed by atoms with E-state index >= 15 is 0 Å². The summed E-state index contributed by atoms with van der Waals surface area (Å²) in [5.74, 6) is 0.0729. The van der Waals surface area contributed by atoms with Crippen molar-refractivity contribution in [2.24, 2.45) is 0 Å². The van der Waals surface area contributed by atoms with Gasteiger partial charge in [-0.3, -0.25) is 9.59 Å². The van der Waals surface area contributed by atoms with Crippen molar-refractivity contribution in [3.05, 3.63) is 44.3 Å². The van der Waals surface area contributed by atoms with Gasteiger partial charge >= 0.3 is 0 Å². The molecule has 1 amide bonds. The van der Waals surface area contributed by atoms with Crippen LogP contribution in [0, 0.1) is 0 Å². The van der Waals surface area contributed by atoms with Crippen LogP contribution in [0.1, 0.15) is 50.0 Å². The van der Waals surface area contributed by atoms with E-state index in [9.17, 15) is 9.59 Å². The molecule has 2 aromatic heterocycles. The highest BCUT2D eigenvalue weighted by molar-refractivity contribution is 7.16. The van der Waals surface area contributed by atoms with Crippen molar-refractivity contribution in [2.45, 2.75) is 25.8 Å². The molecular formula is C15H15NO2S2. The molecule has 104 valence electrons. The lowest BCUT2D eigenvalue weighted by molar-refractivity contribution is 0.0742. The zero-order valence-electron chi connectivity index (χ0n) is 11.2. The van der Waals surface area contributed by atoms with Crippen molar-refractivity contribution in [1.82, 2.24) is 4.90 Å². The van der Waals surface area contributed by atoms with E-state index in [2.05, 4.69) is 11.4 Å². The molecule has 3 heterocycles. The van der Waals surface area contributed by atoms with Crippen LogP contribution >= 0.6 is 22.7 Å². The Labute approximate surface area is 125 Å². The maximum absolute atomic E-state index is 12.6. The fraction of sp³-hybridized carbons (Fsp3) is 0.333. The third-order valence-corrected chi connectivity index (χ3v) is 5.70. The molecule has 3 rings (SSSR count). The van der Waals surface area contributed by atoms with Crippen LogP contribution in [0.4, 0.5) is 0 Å². The van der Waals surface area contributed by atoms with Gasteiger partial charge in [-0.15, -0.1) is 22.7 Å². The number of nitrogens with zero attached hydrogens (tertiary/aromatic N) is 1. The van der Waals surface area contributed by atoms with Gasteiger partial charge in [0.1, 0.15) is 0 Å². The molecule has 1 fully saturated rings. The van der Waals surface area contributed by atoms with E-state index in [0.717, 1.165) is 19.4 Å². The number of ketones is 1. The maximum atomic E-state index is 12.6. The third-order valence-electron chi connectivity index (χ3n) is 3.55. The minimum atomic E-state index is 0.0188. The predicted molar refractivity (Wildman–Crippen MR) is 81.7 cm³/mol. The molecular weight excluding hydrogens is 290 g/mol. The number of carbonyl (C=O) groups excluding carboxylic acids is 2. The number of carbonyl (C=O) groups is 2. The molecule has 0 spiro atoms. The number of hydrogen-bond donors (Lipinski definition) is 0. The summed E-state index contributed by atoms with van der Waals surface area (Å²) in [7, 11) is 0. The number of rotatable bonds is 3. The van der Waals surface area contributed by atoms with Crippen LogP contribution < -0.4 is 0 Å². The van der Waals surface area contributed by atoms with Gasteiger partial charge in [0, 0.05) is 11.4 Å². The average molecular weight is 305 g/mol. The number of Topliss-reactive ketones (excluding diaryl/α,β-unsaturated/α-hetero) is 1. The predicted octanol–water partition coefficient (Wildman–Crippen LogP) is 3.99. The third kappa shape index (κ3) is 2.43. The van der Waals surface area contributed by atoms with Crippen molar-refractivity contribution in [3.63, 3.8) is 0 Å². The summed E-state index contributed by atoms with van der Waals surface area (Å²) in [6, 6.07) is 7.84. The van der Waals surface area contributed by atoms with Crippen molar-refractivity contribution < 1.29 is 9.59 Å². The van der Waals surface area contributed by atoms with E-state index in [0.29, 0.717) is 9.75 Å². The summed E-state index contributed by atoms with van der Waals surface area (Å²) in [4.78, 5) is 28.5. The summed E-state index contributed by atoms with van der Waals surface area (Å²) in [6.45, 7) is 2.33. The second-order valence-electron chi connectivity index (χ2n) is 4.89. The molecule has 0 aliphatic carbocycles. The zero-order chi connectivity index (χ0) is 14.1. The second kappa shape index (κ2) is 5.50. The molecule has 1 aliphatic heterocycles. The monoisotopic (exact) mass is 305 g/mol. The van der Waals surface area contributed by atoms with Gasteiger partial charge in [0.25, 0.3) is 5.91 Å². The Kier molecular flexibility index (Phi) is 3.72. The SMILES string of the molecule is CC(=O)c1ccc(C(=O)N2CCCC2c2cccs2)s1. The van der Waals surface area contributed by atoms with Crippen LogP contribution in [0.15, 0.2) is 29.6 Å². The van der Waals surface area contributed by atoms with Crippen LogP contribution in [-0.4, -0.2) is 23.1 Å². The van der Waals surface area contributed by atoms with Crippen LogP contribution in [0.2, 0.25) is 0 Å². The van der Waals surface area contributed by atoms with E-state index in [-0.39, 0.29) is 17.7 Å². The Hall–Kier alpha value is -1.46. The molecule has 0 bridgehead atoms. The van der Waals surface area contributed by atoms with E-state index in [1.54, 1.807) is 23.5 Å². The Morgan fingerprint density at radius 1 is 1.25 bits per heavy atom. The van der Waals surface area contributed by atoms with E-state index in [4.69, 9.17) is 0 Å². The molecule has 20 heavy (non-hydrogen) atoms. The van der Waals surface area contributed by atoms with Gasteiger partial charge in [-0.05, 0) is 43.3 Å². The van der Waals surface area contributed by atoms with Gasteiger partial charge in [-0.25, -0.2) is 0 Å². The summed E-state index contributed by atoms with van der Waals surface area (Å²) in [5, 5.41) is 2.05. The van der Waals surface area contributed by atoms with Crippen LogP contribution in [0.5, 0.6) is 0 Å². The van der Waals surface area contributed by atoms with Gasteiger partial charge in [0.05, 0.1) is 15.8 Å². The number of hydrogen-bond acceptors (Lipinski definition) is 4.